The number of hydrogen-bond donors (Lipinski definition) is 1. The van der Waals surface area contributed by atoms with Gasteiger partial charge < -0.3 is 14.7 Å². The van der Waals surface area contributed by atoms with Crippen LogP contribution in [-0.4, -0.2) is 42.0 Å². The number of rotatable bonds is 5. The van der Waals surface area contributed by atoms with E-state index < -0.39 is 19.9 Å². The highest BCUT2D eigenvalue weighted by atomic mass is 28.3. The van der Waals surface area contributed by atoms with Crippen molar-refractivity contribution >= 4 is 14.2 Å². The number of ether oxygens (including phenoxy) is 1. The largest absolute Gasteiger partial charge is 0.416 e. The molecule has 1 amide bonds. The third-order valence-electron chi connectivity index (χ3n) is 4.61. The van der Waals surface area contributed by atoms with Gasteiger partial charge in [-0.1, -0.05) is 33.9 Å². The summed E-state index contributed by atoms with van der Waals surface area (Å²) in [6.07, 6.45) is 0.819. The van der Waals surface area contributed by atoms with Gasteiger partial charge in [-0.15, -0.1) is 0 Å². The Labute approximate surface area is 141 Å². The van der Waals surface area contributed by atoms with Crippen molar-refractivity contribution in [3.8, 4) is 6.07 Å². The van der Waals surface area contributed by atoms with Gasteiger partial charge in [0.2, 0.25) is 5.76 Å². The normalized spacial score (nSPS) is 14.7. The van der Waals surface area contributed by atoms with E-state index in [0.29, 0.717) is 0 Å². The Kier molecular flexibility index (Phi) is 7.52. The molecule has 6 heteroatoms. The van der Waals surface area contributed by atoms with Gasteiger partial charge >= 0.3 is 6.09 Å². The Hall–Kier alpha value is -1.32. The summed E-state index contributed by atoms with van der Waals surface area (Å²) in [5.41, 5.74) is -0.767. The summed E-state index contributed by atoms with van der Waals surface area (Å²) < 4.78 is 5.21. The molecular formula is C17H32N2O3Si. The average molecular weight is 341 g/mol. The Morgan fingerprint density at radius 3 is 1.96 bits per heavy atom. The zero-order valence-electron chi connectivity index (χ0n) is 16.0. The van der Waals surface area contributed by atoms with Crippen LogP contribution in [0, 0.1) is 11.3 Å². The zero-order chi connectivity index (χ0) is 18.6. The second kappa shape index (κ2) is 7.98. The number of amides is 1. The van der Waals surface area contributed by atoms with E-state index in [9.17, 15) is 15.2 Å². The summed E-state index contributed by atoms with van der Waals surface area (Å²) in [5, 5.41) is 19.7. The number of carbonyl (C=O) groups excluding carboxylic acids is 1. The van der Waals surface area contributed by atoms with E-state index in [2.05, 4.69) is 33.9 Å². The van der Waals surface area contributed by atoms with Crippen LogP contribution < -0.4 is 0 Å². The summed E-state index contributed by atoms with van der Waals surface area (Å²) in [4.78, 5) is 13.8. The minimum Gasteiger partial charge on any atom is -0.399 e. The maximum atomic E-state index is 12.3. The van der Waals surface area contributed by atoms with Crippen molar-refractivity contribution in [2.45, 2.75) is 84.4 Å². The third kappa shape index (κ3) is 5.67. The molecule has 0 spiro atoms. The first-order valence-electron chi connectivity index (χ1n) is 8.05. The quantitative estimate of drug-likeness (QED) is 0.465. The fourth-order valence-corrected chi connectivity index (χ4v) is 3.51. The van der Waals surface area contributed by atoms with E-state index in [4.69, 9.17) is 4.74 Å². The molecule has 1 atom stereocenters. The summed E-state index contributed by atoms with van der Waals surface area (Å²) in [7, 11) is -2.09. The average Bonchev–Trinajstić information content (AvgIpc) is 2.35. The van der Waals surface area contributed by atoms with E-state index >= 15 is 0 Å². The van der Waals surface area contributed by atoms with Crippen LogP contribution in [0.15, 0.2) is 11.8 Å². The Bertz CT molecular complexity index is 477. The lowest BCUT2D eigenvalue weighted by molar-refractivity contribution is 0.104. The highest BCUT2D eigenvalue weighted by Gasteiger charge is 2.41. The maximum absolute atomic E-state index is 12.3. The predicted octanol–water partition coefficient (Wildman–Crippen LogP) is 4.06. The summed E-state index contributed by atoms with van der Waals surface area (Å²) in [6, 6.07) is 1.80. The van der Waals surface area contributed by atoms with Crippen molar-refractivity contribution in [2.24, 2.45) is 0 Å². The van der Waals surface area contributed by atoms with Crippen LogP contribution in [0.5, 0.6) is 0 Å². The van der Waals surface area contributed by atoms with E-state index in [-0.39, 0.29) is 22.9 Å². The fourth-order valence-electron chi connectivity index (χ4n) is 2.05. The predicted molar refractivity (Wildman–Crippen MR) is 95.5 cm³/mol. The molecule has 0 aliphatic heterocycles. The molecule has 5 nitrogen and oxygen atoms in total. The van der Waals surface area contributed by atoms with Crippen LogP contribution in [0.2, 0.25) is 18.1 Å². The van der Waals surface area contributed by atoms with E-state index in [1.165, 1.54) is 6.08 Å². The van der Waals surface area contributed by atoms with Crippen LogP contribution in [-0.2, 0) is 4.74 Å². The van der Waals surface area contributed by atoms with E-state index in [1.807, 2.05) is 33.8 Å². The lowest BCUT2D eigenvalue weighted by Gasteiger charge is -2.39. The maximum Gasteiger partial charge on any atom is 0.416 e. The van der Waals surface area contributed by atoms with Crippen molar-refractivity contribution in [1.29, 1.82) is 5.26 Å². The Morgan fingerprint density at radius 2 is 1.65 bits per heavy atom. The smallest absolute Gasteiger partial charge is 0.399 e. The van der Waals surface area contributed by atoms with E-state index in [1.54, 1.807) is 4.90 Å². The summed E-state index contributed by atoms with van der Waals surface area (Å²) in [5.74, 6) is -0.140. The van der Waals surface area contributed by atoms with Crippen LogP contribution in [0.1, 0.15) is 48.5 Å². The molecule has 0 rings (SSSR count). The number of nitrogens with zero attached hydrogens (tertiary/aromatic N) is 2. The van der Waals surface area contributed by atoms with Crippen LogP contribution in [0.3, 0.4) is 0 Å². The molecule has 23 heavy (non-hydrogen) atoms. The molecule has 0 aromatic carbocycles. The molecule has 0 aromatic rings. The molecule has 0 saturated heterocycles. The molecule has 1 N–H and O–H groups in total. The molecule has 0 fully saturated rings. The number of aliphatic hydroxyl groups is 1. The number of nitriles is 1. The molecule has 0 aromatic heterocycles. The lowest BCUT2D eigenvalue weighted by atomic mass is 10.2. The van der Waals surface area contributed by atoms with Crippen molar-refractivity contribution in [2.75, 3.05) is 0 Å². The van der Waals surface area contributed by atoms with Crippen molar-refractivity contribution in [1.82, 2.24) is 4.90 Å². The van der Waals surface area contributed by atoms with Crippen molar-refractivity contribution in [3.63, 3.8) is 0 Å². The standard InChI is InChI=1S/C17H32N2O3Si/c1-12(2)19(13(3)4)16(21)22-14(11-18)10-15(20)23(8,9)17(5,6)7/h10,12-13,15,20H,1-9H3/b14-10-. The van der Waals surface area contributed by atoms with Gasteiger partial charge in [0, 0.05) is 12.1 Å². The highest BCUT2D eigenvalue weighted by molar-refractivity contribution is 6.81. The number of allylic oxidation sites excluding steroid dienone is 1. The molecule has 0 saturated carbocycles. The molecule has 0 heterocycles. The summed E-state index contributed by atoms with van der Waals surface area (Å²) >= 11 is 0. The minimum atomic E-state index is -2.09. The molecule has 0 bridgehead atoms. The zero-order valence-corrected chi connectivity index (χ0v) is 17.0. The van der Waals surface area contributed by atoms with Gasteiger partial charge in [0.15, 0.2) is 0 Å². The topological polar surface area (TPSA) is 73.6 Å². The summed E-state index contributed by atoms with van der Waals surface area (Å²) in [6.45, 7) is 17.9. The fraction of sp³-hybridized carbons (Fsp3) is 0.765. The highest BCUT2D eigenvalue weighted by Crippen LogP contribution is 2.38. The van der Waals surface area contributed by atoms with Crippen molar-refractivity contribution in [3.05, 3.63) is 11.8 Å². The molecule has 0 aliphatic rings. The van der Waals surface area contributed by atoms with Gasteiger partial charge in [0.05, 0.1) is 13.8 Å². The Balaban J connectivity index is 5.32. The second-order valence-corrected chi connectivity index (χ2v) is 13.6. The number of aliphatic hydroxyl groups excluding tert-OH is 1. The minimum absolute atomic E-state index is 0.0345. The molecular weight excluding hydrogens is 308 g/mol. The van der Waals surface area contributed by atoms with Crippen LogP contribution in [0.25, 0.3) is 0 Å². The molecule has 132 valence electrons. The van der Waals surface area contributed by atoms with Gasteiger partial charge in [-0.3, -0.25) is 0 Å². The SMILES string of the molecule is CC(C)N(C(=O)O/C(C#N)=C\C(O)[Si](C)(C)C(C)(C)C)C(C)C. The first-order valence-corrected chi connectivity index (χ1v) is 11.1. The number of hydrogen-bond acceptors (Lipinski definition) is 4. The van der Waals surface area contributed by atoms with Crippen LogP contribution >= 0.6 is 0 Å². The van der Waals surface area contributed by atoms with Gasteiger partial charge in [-0.2, -0.15) is 5.26 Å². The van der Waals surface area contributed by atoms with E-state index in [0.717, 1.165) is 0 Å². The second-order valence-electron chi connectivity index (χ2n) is 8.02. The molecule has 1 unspecified atom stereocenters. The first-order chi connectivity index (χ1) is 10.3. The number of carbonyl (C=O) groups is 1. The van der Waals surface area contributed by atoms with Crippen molar-refractivity contribution < 1.29 is 14.6 Å². The van der Waals surface area contributed by atoms with Gasteiger partial charge in [0.1, 0.15) is 6.07 Å². The first kappa shape index (κ1) is 21.7. The van der Waals surface area contributed by atoms with Gasteiger partial charge in [0.25, 0.3) is 0 Å². The monoisotopic (exact) mass is 340 g/mol. The third-order valence-corrected chi connectivity index (χ3v) is 10.1. The molecule has 0 radical (unpaired) electrons. The lowest BCUT2D eigenvalue weighted by Crippen LogP contribution is -2.48. The molecule has 0 aliphatic carbocycles. The van der Waals surface area contributed by atoms with Gasteiger partial charge in [-0.25, -0.2) is 4.79 Å². The van der Waals surface area contributed by atoms with Gasteiger partial charge in [-0.05, 0) is 38.8 Å². The Morgan fingerprint density at radius 1 is 1.22 bits per heavy atom. The van der Waals surface area contributed by atoms with Crippen LogP contribution in [0.4, 0.5) is 4.79 Å².